The van der Waals surface area contributed by atoms with Crippen LogP contribution < -0.4 is 14.2 Å². The third-order valence-corrected chi connectivity index (χ3v) is 4.73. The summed E-state index contributed by atoms with van der Waals surface area (Å²) in [6, 6.07) is 3.71. The van der Waals surface area contributed by atoms with E-state index in [4.69, 9.17) is 18.4 Å². The number of rotatable bonds is 6. The Morgan fingerprint density at radius 3 is 2.17 bits per heavy atom. The highest BCUT2D eigenvalue weighted by atomic mass is 32.2. The molecule has 0 N–H and O–H groups in total. The zero-order valence-corrected chi connectivity index (χ0v) is 14.8. The molecule has 1 aliphatic rings. The summed E-state index contributed by atoms with van der Waals surface area (Å²) in [6.07, 6.45) is 4.22. The molecule has 0 heterocycles. The van der Waals surface area contributed by atoms with Gasteiger partial charge in [-0.05, 0) is 18.9 Å². The quantitative estimate of drug-likeness (QED) is 0.739. The van der Waals surface area contributed by atoms with Crippen LogP contribution in [0.4, 0.5) is 0 Å². The molecule has 0 spiro atoms. The van der Waals surface area contributed by atoms with Gasteiger partial charge in [0.1, 0.15) is 0 Å². The van der Waals surface area contributed by atoms with Crippen LogP contribution in [0.3, 0.4) is 0 Å². The Morgan fingerprint density at radius 2 is 1.61 bits per heavy atom. The fourth-order valence-corrected chi connectivity index (χ4v) is 3.89. The van der Waals surface area contributed by atoms with Gasteiger partial charge in [0.2, 0.25) is 5.75 Å². The monoisotopic (exact) mass is 344 g/mol. The van der Waals surface area contributed by atoms with E-state index in [0.29, 0.717) is 23.7 Å². The second-order valence-corrected chi connectivity index (χ2v) is 7.25. The second-order valence-electron chi connectivity index (χ2n) is 5.65. The molecule has 0 saturated heterocycles. The predicted octanol–water partition coefficient (Wildman–Crippen LogP) is 2.71. The molecule has 1 aliphatic carbocycles. The van der Waals surface area contributed by atoms with E-state index >= 15 is 0 Å². The molecule has 0 aromatic heterocycles. The Kier molecular flexibility index (Phi) is 5.75. The van der Waals surface area contributed by atoms with Crippen molar-refractivity contribution < 1.29 is 26.8 Å². The van der Waals surface area contributed by atoms with Crippen molar-refractivity contribution in [3.63, 3.8) is 0 Å². The fourth-order valence-electron chi connectivity index (χ4n) is 3.21. The van der Waals surface area contributed by atoms with Gasteiger partial charge in [0, 0.05) is 11.5 Å². The summed E-state index contributed by atoms with van der Waals surface area (Å²) in [5.41, 5.74) is 0.888. The third kappa shape index (κ3) is 4.09. The minimum atomic E-state index is -3.51. The molecule has 23 heavy (non-hydrogen) atoms. The molecular weight excluding hydrogens is 320 g/mol. The van der Waals surface area contributed by atoms with Gasteiger partial charge in [0.15, 0.2) is 11.5 Å². The molecule has 1 aromatic rings. The number of ether oxygens (including phenoxy) is 3. The van der Waals surface area contributed by atoms with Gasteiger partial charge in [-0.1, -0.05) is 18.9 Å². The van der Waals surface area contributed by atoms with Crippen molar-refractivity contribution in [3.05, 3.63) is 17.7 Å². The molecule has 130 valence electrons. The molecule has 7 heteroatoms. The molecule has 0 aliphatic heterocycles. The molecular formula is C16H24O6S. The lowest BCUT2D eigenvalue weighted by atomic mass is 9.81. The summed E-state index contributed by atoms with van der Waals surface area (Å²) in [6.45, 7) is 0. The Bertz CT molecular complexity index is 640. The van der Waals surface area contributed by atoms with Crippen LogP contribution in [0.25, 0.3) is 0 Å². The maximum Gasteiger partial charge on any atom is 0.264 e. The van der Waals surface area contributed by atoms with Crippen molar-refractivity contribution in [2.75, 3.05) is 27.6 Å². The highest BCUT2D eigenvalue weighted by molar-refractivity contribution is 7.86. The van der Waals surface area contributed by atoms with Crippen molar-refractivity contribution in [2.24, 2.45) is 0 Å². The first kappa shape index (κ1) is 17.9. The number of methoxy groups -OCH3 is 3. The number of benzene rings is 1. The lowest BCUT2D eigenvalue weighted by Crippen LogP contribution is -2.28. The first-order valence-electron chi connectivity index (χ1n) is 7.58. The van der Waals surface area contributed by atoms with Gasteiger partial charge in [0.05, 0.1) is 33.7 Å². The van der Waals surface area contributed by atoms with E-state index in [9.17, 15) is 8.42 Å². The van der Waals surface area contributed by atoms with Crippen LogP contribution in [0.1, 0.15) is 37.2 Å². The van der Waals surface area contributed by atoms with Gasteiger partial charge >= 0.3 is 0 Å². The van der Waals surface area contributed by atoms with Crippen LogP contribution in [0.15, 0.2) is 12.1 Å². The minimum absolute atomic E-state index is 0.0618. The SMILES string of the molecule is COc1ccc([C@@H]2CCCC[C@@H]2OS(C)(=O)=O)c(OC)c1OC. The summed E-state index contributed by atoms with van der Waals surface area (Å²) in [5.74, 6) is 1.59. The normalized spacial score (nSPS) is 21.7. The predicted molar refractivity (Wildman–Crippen MR) is 87.0 cm³/mol. The van der Waals surface area contributed by atoms with Crippen LogP contribution in [-0.2, 0) is 14.3 Å². The zero-order valence-electron chi connectivity index (χ0n) is 14.0. The van der Waals surface area contributed by atoms with Gasteiger partial charge in [-0.3, -0.25) is 4.18 Å². The summed E-state index contributed by atoms with van der Waals surface area (Å²) in [5, 5.41) is 0. The lowest BCUT2D eigenvalue weighted by molar-refractivity contribution is 0.136. The van der Waals surface area contributed by atoms with Crippen LogP contribution in [0.2, 0.25) is 0 Å². The molecule has 2 atom stereocenters. The van der Waals surface area contributed by atoms with Crippen molar-refractivity contribution in [1.82, 2.24) is 0 Å². The summed E-state index contributed by atoms with van der Waals surface area (Å²) >= 11 is 0. The van der Waals surface area contributed by atoms with Crippen molar-refractivity contribution in [1.29, 1.82) is 0 Å². The summed E-state index contributed by atoms with van der Waals surface area (Å²) in [4.78, 5) is 0. The van der Waals surface area contributed by atoms with Crippen molar-refractivity contribution in [3.8, 4) is 17.2 Å². The van der Waals surface area contributed by atoms with Gasteiger partial charge < -0.3 is 14.2 Å². The van der Waals surface area contributed by atoms with E-state index in [-0.39, 0.29) is 12.0 Å². The molecule has 1 aromatic carbocycles. The minimum Gasteiger partial charge on any atom is -0.493 e. The second kappa shape index (κ2) is 7.40. The van der Waals surface area contributed by atoms with Crippen LogP contribution >= 0.6 is 0 Å². The maximum atomic E-state index is 11.6. The summed E-state index contributed by atoms with van der Waals surface area (Å²) in [7, 11) is 1.17. The Labute approximate surface area is 137 Å². The third-order valence-electron chi connectivity index (χ3n) is 4.14. The average molecular weight is 344 g/mol. The first-order valence-corrected chi connectivity index (χ1v) is 9.40. The smallest absolute Gasteiger partial charge is 0.264 e. The first-order chi connectivity index (χ1) is 10.9. The van der Waals surface area contributed by atoms with Gasteiger partial charge in [-0.25, -0.2) is 0 Å². The van der Waals surface area contributed by atoms with Gasteiger partial charge in [-0.15, -0.1) is 0 Å². The largest absolute Gasteiger partial charge is 0.493 e. The van der Waals surface area contributed by atoms with Gasteiger partial charge in [-0.2, -0.15) is 8.42 Å². The standard InChI is InChI=1S/C16H24O6S/c1-19-14-10-9-12(15(20-2)16(14)21-3)11-7-5-6-8-13(11)22-23(4,17)18/h9-11,13H,5-8H2,1-4H3/t11-,13-/m0/s1. The molecule has 1 fully saturated rings. The Hall–Kier alpha value is -1.47. The summed E-state index contributed by atoms with van der Waals surface area (Å²) < 4.78 is 44.7. The fraction of sp³-hybridized carbons (Fsp3) is 0.625. The molecule has 2 rings (SSSR count). The number of hydrogen-bond donors (Lipinski definition) is 0. The Morgan fingerprint density at radius 1 is 0.957 bits per heavy atom. The van der Waals surface area contributed by atoms with E-state index in [0.717, 1.165) is 31.1 Å². The maximum absolute atomic E-state index is 11.6. The van der Waals surface area contributed by atoms with E-state index < -0.39 is 10.1 Å². The Balaban J connectivity index is 2.45. The molecule has 0 bridgehead atoms. The van der Waals surface area contributed by atoms with Gasteiger partial charge in [0.25, 0.3) is 10.1 Å². The van der Waals surface area contributed by atoms with Crippen LogP contribution in [0.5, 0.6) is 17.2 Å². The molecule has 0 amide bonds. The molecule has 6 nitrogen and oxygen atoms in total. The number of hydrogen-bond acceptors (Lipinski definition) is 6. The average Bonchev–Trinajstić information content (AvgIpc) is 2.52. The van der Waals surface area contributed by atoms with E-state index in [1.165, 1.54) is 0 Å². The highest BCUT2D eigenvalue weighted by Gasteiger charge is 2.33. The molecule has 1 saturated carbocycles. The highest BCUT2D eigenvalue weighted by Crippen LogP contribution is 2.46. The van der Waals surface area contributed by atoms with Crippen LogP contribution in [0, 0.1) is 0 Å². The molecule has 0 radical (unpaired) electrons. The van der Waals surface area contributed by atoms with E-state index in [1.54, 1.807) is 21.3 Å². The van der Waals surface area contributed by atoms with Crippen molar-refractivity contribution >= 4 is 10.1 Å². The van der Waals surface area contributed by atoms with E-state index in [1.807, 2.05) is 12.1 Å². The van der Waals surface area contributed by atoms with Crippen molar-refractivity contribution in [2.45, 2.75) is 37.7 Å². The zero-order chi connectivity index (χ0) is 17.0. The molecule has 0 unspecified atom stereocenters. The van der Waals surface area contributed by atoms with E-state index in [2.05, 4.69) is 0 Å². The lowest BCUT2D eigenvalue weighted by Gasteiger charge is -2.32. The topological polar surface area (TPSA) is 71.1 Å². The van der Waals surface area contributed by atoms with Crippen LogP contribution in [-0.4, -0.2) is 42.1 Å².